The minimum atomic E-state index is -3.68. The number of aromatic carboxylic acids is 1. The molecule has 0 radical (unpaired) electrons. The van der Waals surface area contributed by atoms with Crippen LogP contribution in [0.15, 0.2) is 58.3 Å². The predicted octanol–water partition coefficient (Wildman–Crippen LogP) is 2.87. The van der Waals surface area contributed by atoms with Gasteiger partial charge in [0.2, 0.25) is 9.84 Å². The summed E-state index contributed by atoms with van der Waals surface area (Å²) in [6, 6.07) is 10.9. The number of carbonyl (C=O) groups is 1. The molecule has 0 heterocycles. The molecule has 2 rings (SSSR count). The van der Waals surface area contributed by atoms with Gasteiger partial charge in [-0.1, -0.05) is 17.7 Å². The van der Waals surface area contributed by atoms with Crippen LogP contribution in [0.1, 0.15) is 10.4 Å². The number of hydrogen-bond donors (Lipinski definition) is 1. The number of halogens is 1. The van der Waals surface area contributed by atoms with Gasteiger partial charge in [-0.15, -0.1) is 0 Å². The Morgan fingerprint density at radius 2 is 1.63 bits per heavy atom. The summed E-state index contributed by atoms with van der Waals surface area (Å²) >= 11 is 5.76. The molecule has 19 heavy (non-hydrogen) atoms. The molecule has 98 valence electrons. The standard InChI is InChI=1S/C13H9ClO4S/c14-10-2-1-3-12(8-10)19(17,18)11-6-4-9(5-7-11)13(15)16/h1-8H,(H,15,16). The van der Waals surface area contributed by atoms with Gasteiger partial charge in [-0.25, -0.2) is 13.2 Å². The fourth-order valence-electron chi connectivity index (χ4n) is 1.55. The molecule has 6 heteroatoms. The second-order valence-electron chi connectivity index (χ2n) is 3.79. The van der Waals surface area contributed by atoms with Crippen LogP contribution >= 0.6 is 11.6 Å². The van der Waals surface area contributed by atoms with Gasteiger partial charge in [0, 0.05) is 5.02 Å². The SMILES string of the molecule is O=C(O)c1ccc(S(=O)(=O)c2cccc(Cl)c2)cc1. The van der Waals surface area contributed by atoms with Crippen LogP contribution in [0.3, 0.4) is 0 Å². The molecule has 0 aromatic heterocycles. The van der Waals surface area contributed by atoms with Crippen molar-refractivity contribution in [2.75, 3.05) is 0 Å². The highest BCUT2D eigenvalue weighted by molar-refractivity contribution is 7.91. The first-order valence-electron chi connectivity index (χ1n) is 5.25. The zero-order valence-corrected chi connectivity index (χ0v) is 11.1. The number of carboxylic acids is 1. The second-order valence-corrected chi connectivity index (χ2v) is 6.18. The van der Waals surface area contributed by atoms with Crippen molar-refractivity contribution in [3.8, 4) is 0 Å². The van der Waals surface area contributed by atoms with Crippen molar-refractivity contribution in [1.82, 2.24) is 0 Å². The first-order valence-corrected chi connectivity index (χ1v) is 7.11. The molecule has 0 aliphatic rings. The van der Waals surface area contributed by atoms with Crippen LogP contribution in [0.5, 0.6) is 0 Å². The summed E-state index contributed by atoms with van der Waals surface area (Å²) in [5.74, 6) is -1.10. The van der Waals surface area contributed by atoms with E-state index in [2.05, 4.69) is 0 Å². The van der Waals surface area contributed by atoms with Crippen molar-refractivity contribution in [3.05, 3.63) is 59.1 Å². The van der Waals surface area contributed by atoms with Crippen molar-refractivity contribution in [2.45, 2.75) is 9.79 Å². The zero-order valence-electron chi connectivity index (χ0n) is 9.58. The zero-order chi connectivity index (χ0) is 14.0. The van der Waals surface area contributed by atoms with Gasteiger partial charge >= 0.3 is 5.97 Å². The van der Waals surface area contributed by atoms with E-state index < -0.39 is 15.8 Å². The second kappa shape index (κ2) is 5.03. The Kier molecular flexibility index (Phi) is 3.59. The quantitative estimate of drug-likeness (QED) is 0.945. The molecule has 0 spiro atoms. The van der Waals surface area contributed by atoms with Gasteiger partial charge in [-0.3, -0.25) is 0 Å². The highest BCUT2D eigenvalue weighted by Crippen LogP contribution is 2.23. The van der Waals surface area contributed by atoms with E-state index in [9.17, 15) is 13.2 Å². The smallest absolute Gasteiger partial charge is 0.335 e. The van der Waals surface area contributed by atoms with Gasteiger partial charge in [0.15, 0.2) is 0 Å². The molecular formula is C13H9ClO4S. The van der Waals surface area contributed by atoms with E-state index in [1.807, 2.05) is 0 Å². The molecule has 0 aliphatic carbocycles. The maximum Gasteiger partial charge on any atom is 0.335 e. The van der Waals surface area contributed by atoms with Crippen LogP contribution in [-0.4, -0.2) is 19.5 Å². The number of hydrogen-bond acceptors (Lipinski definition) is 3. The summed E-state index contributed by atoms with van der Waals surface area (Å²) in [7, 11) is -3.68. The minimum Gasteiger partial charge on any atom is -0.478 e. The van der Waals surface area contributed by atoms with E-state index in [0.717, 1.165) is 0 Å². The van der Waals surface area contributed by atoms with Crippen LogP contribution in [0.4, 0.5) is 0 Å². The molecule has 0 saturated heterocycles. The van der Waals surface area contributed by atoms with Gasteiger partial charge < -0.3 is 5.11 Å². The highest BCUT2D eigenvalue weighted by Gasteiger charge is 2.18. The van der Waals surface area contributed by atoms with Crippen molar-refractivity contribution in [1.29, 1.82) is 0 Å². The predicted molar refractivity (Wildman–Crippen MR) is 70.3 cm³/mol. The lowest BCUT2D eigenvalue weighted by molar-refractivity contribution is 0.0697. The Balaban J connectivity index is 2.48. The third kappa shape index (κ3) is 2.77. The van der Waals surface area contributed by atoms with E-state index in [-0.39, 0.29) is 15.4 Å². The molecule has 1 N–H and O–H groups in total. The molecule has 0 bridgehead atoms. The lowest BCUT2D eigenvalue weighted by atomic mass is 10.2. The Morgan fingerprint density at radius 3 is 2.16 bits per heavy atom. The third-order valence-corrected chi connectivity index (χ3v) is 4.52. The van der Waals surface area contributed by atoms with Crippen LogP contribution in [0.25, 0.3) is 0 Å². The fraction of sp³-hybridized carbons (Fsp3) is 0. The number of carboxylic acid groups (broad SMARTS) is 1. The van der Waals surface area contributed by atoms with Gasteiger partial charge in [0.25, 0.3) is 0 Å². The fourth-order valence-corrected chi connectivity index (χ4v) is 3.11. The topological polar surface area (TPSA) is 71.4 Å². The Bertz CT molecular complexity index is 721. The van der Waals surface area contributed by atoms with Crippen LogP contribution in [0, 0.1) is 0 Å². The summed E-state index contributed by atoms with van der Waals surface area (Å²) in [4.78, 5) is 10.8. The summed E-state index contributed by atoms with van der Waals surface area (Å²) < 4.78 is 24.5. The maximum atomic E-state index is 12.3. The van der Waals surface area contributed by atoms with Crippen molar-refractivity contribution >= 4 is 27.4 Å². The lowest BCUT2D eigenvalue weighted by Crippen LogP contribution is -2.03. The van der Waals surface area contributed by atoms with Crippen molar-refractivity contribution < 1.29 is 18.3 Å². The molecule has 0 amide bonds. The molecule has 0 atom stereocenters. The summed E-state index contributed by atoms with van der Waals surface area (Å²) in [5.41, 5.74) is 0.0324. The van der Waals surface area contributed by atoms with E-state index >= 15 is 0 Å². The third-order valence-electron chi connectivity index (χ3n) is 2.52. The normalized spacial score (nSPS) is 11.2. The minimum absolute atomic E-state index is 0.0276. The molecule has 4 nitrogen and oxygen atoms in total. The number of benzene rings is 2. The maximum absolute atomic E-state index is 12.3. The largest absolute Gasteiger partial charge is 0.478 e. The summed E-state index contributed by atoms with van der Waals surface area (Å²) in [5, 5.41) is 9.09. The van der Waals surface area contributed by atoms with Gasteiger partial charge in [-0.2, -0.15) is 0 Å². The van der Waals surface area contributed by atoms with Gasteiger partial charge in [-0.05, 0) is 42.5 Å². The first-order chi connectivity index (χ1) is 8.91. The average molecular weight is 297 g/mol. The Morgan fingerprint density at radius 1 is 1.00 bits per heavy atom. The lowest BCUT2D eigenvalue weighted by Gasteiger charge is -2.05. The van der Waals surface area contributed by atoms with E-state index in [1.54, 1.807) is 12.1 Å². The summed E-state index contributed by atoms with van der Waals surface area (Å²) in [6.07, 6.45) is 0. The molecule has 2 aromatic rings. The van der Waals surface area contributed by atoms with E-state index in [0.29, 0.717) is 5.02 Å². The van der Waals surface area contributed by atoms with Gasteiger partial charge in [0.1, 0.15) is 0 Å². The van der Waals surface area contributed by atoms with E-state index in [4.69, 9.17) is 16.7 Å². The Hall–Kier alpha value is -1.85. The van der Waals surface area contributed by atoms with Crippen LogP contribution in [0.2, 0.25) is 5.02 Å². The molecule has 0 saturated carbocycles. The molecule has 0 aliphatic heterocycles. The molecular weight excluding hydrogens is 288 g/mol. The van der Waals surface area contributed by atoms with E-state index in [1.165, 1.54) is 36.4 Å². The molecule has 2 aromatic carbocycles. The molecule has 0 fully saturated rings. The average Bonchev–Trinajstić information content (AvgIpc) is 2.39. The number of rotatable bonds is 3. The Labute approximate surface area is 115 Å². The molecule has 0 unspecified atom stereocenters. The van der Waals surface area contributed by atoms with Crippen LogP contribution in [-0.2, 0) is 9.84 Å². The summed E-state index contributed by atoms with van der Waals surface area (Å²) in [6.45, 7) is 0. The van der Waals surface area contributed by atoms with Gasteiger partial charge in [0.05, 0.1) is 15.4 Å². The number of sulfone groups is 1. The van der Waals surface area contributed by atoms with Crippen molar-refractivity contribution in [2.24, 2.45) is 0 Å². The monoisotopic (exact) mass is 296 g/mol. The van der Waals surface area contributed by atoms with Crippen molar-refractivity contribution in [3.63, 3.8) is 0 Å². The highest BCUT2D eigenvalue weighted by atomic mass is 35.5. The first kappa shape index (κ1) is 13.6. The van der Waals surface area contributed by atoms with Crippen LogP contribution < -0.4 is 0 Å².